The lowest BCUT2D eigenvalue weighted by molar-refractivity contribution is 0.0588. The smallest absolute Gasteiger partial charge is 0.354 e. The second-order valence-electron chi connectivity index (χ2n) is 5.17. The SMILES string of the molecule is COC(=O)c1ccc(Cc2ccco2)n1Cc1ccc(Cl)cc1. The third-order valence-electron chi connectivity index (χ3n) is 3.66. The van der Waals surface area contributed by atoms with E-state index in [-0.39, 0.29) is 5.97 Å². The molecule has 23 heavy (non-hydrogen) atoms. The number of esters is 1. The largest absolute Gasteiger partial charge is 0.469 e. The van der Waals surface area contributed by atoms with Crippen LogP contribution in [0.5, 0.6) is 0 Å². The van der Waals surface area contributed by atoms with Crippen LogP contribution in [0.15, 0.2) is 59.2 Å². The van der Waals surface area contributed by atoms with Gasteiger partial charge in [0.2, 0.25) is 0 Å². The molecule has 2 heterocycles. The molecule has 0 aliphatic rings. The summed E-state index contributed by atoms with van der Waals surface area (Å²) in [5, 5.41) is 0.685. The number of furan rings is 1. The van der Waals surface area contributed by atoms with E-state index in [9.17, 15) is 4.79 Å². The molecule has 0 saturated carbocycles. The summed E-state index contributed by atoms with van der Waals surface area (Å²) in [6, 6.07) is 15.0. The number of ether oxygens (including phenoxy) is 1. The van der Waals surface area contributed by atoms with Gasteiger partial charge in [-0.2, -0.15) is 0 Å². The van der Waals surface area contributed by atoms with Crippen LogP contribution < -0.4 is 0 Å². The zero-order valence-electron chi connectivity index (χ0n) is 12.7. The number of benzene rings is 1. The lowest BCUT2D eigenvalue weighted by atomic mass is 10.2. The van der Waals surface area contributed by atoms with Gasteiger partial charge in [-0.15, -0.1) is 0 Å². The maximum absolute atomic E-state index is 12.0. The third kappa shape index (κ3) is 3.48. The minimum atomic E-state index is -0.357. The van der Waals surface area contributed by atoms with Gasteiger partial charge in [-0.3, -0.25) is 0 Å². The first-order valence-electron chi connectivity index (χ1n) is 7.21. The van der Waals surface area contributed by atoms with Crippen molar-refractivity contribution in [3.8, 4) is 0 Å². The van der Waals surface area contributed by atoms with E-state index in [4.69, 9.17) is 20.8 Å². The van der Waals surface area contributed by atoms with E-state index in [1.54, 1.807) is 12.3 Å². The standard InChI is InChI=1S/C18H16ClNO3/c1-22-18(21)17-9-8-15(11-16-3-2-10-23-16)20(17)12-13-4-6-14(19)7-5-13/h2-10H,11-12H2,1H3. The Morgan fingerprint density at radius 1 is 1.17 bits per heavy atom. The molecule has 0 N–H and O–H groups in total. The van der Waals surface area contributed by atoms with Crippen molar-refractivity contribution in [1.29, 1.82) is 0 Å². The summed E-state index contributed by atoms with van der Waals surface area (Å²) in [6.45, 7) is 0.560. The summed E-state index contributed by atoms with van der Waals surface area (Å²) in [4.78, 5) is 12.0. The van der Waals surface area contributed by atoms with Crippen molar-refractivity contribution in [3.63, 3.8) is 0 Å². The van der Waals surface area contributed by atoms with E-state index in [2.05, 4.69) is 0 Å². The highest BCUT2D eigenvalue weighted by Gasteiger charge is 2.16. The molecule has 0 unspecified atom stereocenters. The molecule has 0 atom stereocenters. The fourth-order valence-corrected chi connectivity index (χ4v) is 2.62. The van der Waals surface area contributed by atoms with Gasteiger partial charge in [0.25, 0.3) is 0 Å². The Kier molecular flexibility index (Phi) is 4.53. The highest BCUT2D eigenvalue weighted by Crippen LogP contribution is 2.19. The number of aromatic nitrogens is 1. The highest BCUT2D eigenvalue weighted by atomic mass is 35.5. The average Bonchev–Trinajstić information content (AvgIpc) is 3.20. The van der Waals surface area contributed by atoms with Crippen molar-refractivity contribution in [2.75, 3.05) is 7.11 Å². The monoisotopic (exact) mass is 329 g/mol. The van der Waals surface area contributed by atoms with Gasteiger partial charge in [0.15, 0.2) is 0 Å². The molecule has 5 heteroatoms. The van der Waals surface area contributed by atoms with Gasteiger partial charge in [0.1, 0.15) is 11.5 Å². The summed E-state index contributed by atoms with van der Waals surface area (Å²) >= 11 is 5.93. The summed E-state index contributed by atoms with van der Waals surface area (Å²) in [7, 11) is 1.38. The summed E-state index contributed by atoms with van der Waals surface area (Å²) in [6.07, 6.45) is 2.25. The first kappa shape index (κ1) is 15.4. The molecule has 0 radical (unpaired) electrons. The van der Waals surface area contributed by atoms with E-state index in [1.165, 1.54) is 7.11 Å². The van der Waals surface area contributed by atoms with Gasteiger partial charge in [0.05, 0.1) is 13.4 Å². The summed E-state index contributed by atoms with van der Waals surface area (Å²) in [5.74, 6) is 0.488. The van der Waals surface area contributed by atoms with Crippen LogP contribution in [-0.2, 0) is 17.7 Å². The first-order chi connectivity index (χ1) is 11.2. The zero-order chi connectivity index (χ0) is 16.2. The molecular formula is C18H16ClNO3. The summed E-state index contributed by atoms with van der Waals surface area (Å²) in [5.41, 5.74) is 2.55. The number of rotatable bonds is 5. The second-order valence-corrected chi connectivity index (χ2v) is 5.61. The maximum atomic E-state index is 12.0. The van der Waals surface area contributed by atoms with Crippen molar-refractivity contribution in [3.05, 3.63) is 82.5 Å². The van der Waals surface area contributed by atoms with Crippen molar-refractivity contribution in [1.82, 2.24) is 4.57 Å². The van der Waals surface area contributed by atoms with Crippen LogP contribution >= 0.6 is 11.6 Å². The summed E-state index contributed by atoms with van der Waals surface area (Å²) < 4.78 is 12.2. The second kappa shape index (κ2) is 6.75. The van der Waals surface area contributed by atoms with Gasteiger partial charge in [-0.25, -0.2) is 4.79 Å². The van der Waals surface area contributed by atoms with Crippen LogP contribution in [-0.4, -0.2) is 17.6 Å². The van der Waals surface area contributed by atoms with Crippen LogP contribution in [0.1, 0.15) is 27.5 Å². The number of nitrogens with zero attached hydrogens (tertiary/aromatic N) is 1. The van der Waals surface area contributed by atoms with Crippen LogP contribution in [0.3, 0.4) is 0 Å². The van der Waals surface area contributed by atoms with Crippen molar-refractivity contribution in [2.24, 2.45) is 0 Å². The average molecular weight is 330 g/mol. The fourth-order valence-electron chi connectivity index (χ4n) is 2.50. The molecule has 0 aliphatic carbocycles. The number of hydrogen-bond donors (Lipinski definition) is 0. The molecule has 4 nitrogen and oxygen atoms in total. The Morgan fingerprint density at radius 2 is 1.96 bits per heavy atom. The number of hydrogen-bond acceptors (Lipinski definition) is 3. The van der Waals surface area contributed by atoms with Crippen molar-refractivity contribution in [2.45, 2.75) is 13.0 Å². The van der Waals surface area contributed by atoms with Crippen LogP contribution in [0.2, 0.25) is 5.02 Å². The zero-order valence-corrected chi connectivity index (χ0v) is 13.4. The predicted octanol–water partition coefficient (Wildman–Crippen LogP) is 4.16. The lowest BCUT2D eigenvalue weighted by Crippen LogP contribution is -2.14. The molecule has 2 aromatic heterocycles. The number of methoxy groups -OCH3 is 1. The number of carbonyl (C=O) groups is 1. The van der Waals surface area contributed by atoms with Crippen LogP contribution in [0.25, 0.3) is 0 Å². The van der Waals surface area contributed by atoms with Crippen molar-refractivity contribution >= 4 is 17.6 Å². The Hall–Kier alpha value is -2.46. The first-order valence-corrected chi connectivity index (χ1v) is 7.58. The van der Waals surface area contributed by atoms with Gasteiger partial charge in [-0.05, 0) is 42.0 Å². The van der Waals surface area contributed by atoms with Gasteiger partial charge in [0, 0.05) is 23.7 Å². The van der Waals surface area contributed by atoms with Gasteiger partial charge in [-0.1, -0.05) is 23.7 Å². The minimum Gasteiger partial charge on any atom is -0.469 e. The highest BCUT2D eigenvalue weighted by molar-refractivity contribution is 6.30. The molecule has 3 aromatic rings. The molecule has 118 valence electrons. The quantitative estimate of drug-likeness (QED) is 0.660. The van der Waals surface area contributed by atoms with E-state index in [0.29, 0.717) is 23.7 Å². The molecular weight excluding hydrogens is 314 g/mol. The van der Waals surface area contributed by atoms with Gasteiger partial charge < -0.3 is 13.7 Å². The van der Waals surface area contributed by atoms with Crippen LogP contribution in [0.4, 0.5) is 0 Å². The minimum absolute atomic E-state index is 0.357. The molecule has 3 rings (SSSR count). The molecule has 0 aliphatic heterocycles. The molecule has 0 spiro atoms. The van der Waals surface area contributed by atoms with Crippen molar-refractivity contribution < 1.29 is 13.9 Å². The lowest BCUT2D eigenvalue weighted by Gasteiger charge is -2.12. The van der Waals surface area contributed by atoms with E-state index in [0.717, 1.165) is 17.0 Å². The topological polar surface area (TPSA) is 44.4 Å². The predicted molar refractivity (Wildman–Crippen MR) is 87.8 cm³/mol. The normalized spacial score (nSPS) is 10.7. The van der Waals surface area contributed by atoms with Gasteiger partial charge >= 0.3 is 5.97 Å². The molecule has 0 amide bonds. The van der Waals surface area contributed by atoms with Crippen LogP contribution in [0, 0.1) is 0 Å². The molecule has 0 fully saturated rings. The Balaban J connectivity index is 1.95. The Labute approximate surface area is 139 Å². The fraction of sp³-hybridized carbons (Fsp3) is 0.167. The molecule has 0 saturated heterocycles. The van der Waals surface area contributed by atoms with E-state index in [1.807, 2.05) is 47.0 Å². The maximum Gasteiger partial charge on any atom is 0.354 e. The molecule has 0 bridgehead atoms. The molecule has 1 aromatic carbocycles. The van der Waals surface area contributed by atoms with E-state index >= 15 is 0 Å². The number of halogens is 1. The van der Waals surface area contributed by atoms with E-state index < -0.39 is 0 Å². The number of carbonyl (C=O) groups excluding carboxylic acids is 1. The third-order valence-corrected chi connectivity index (χ3v) is 3.91. The Bertz CT molecular complexity index is 788. The Morgan fingerprint density at radius 3 is 2.61 bits per heavy atom.